The average Bonchev–Trinajstić information content (AvgIpc) is 2.32. The van der Waals surface area contributed by atoms with Crippen LogP contribution < -0.4 is 5.32 Å². The van der Waals surface area contributed by atoms with Gasteiger partial charge in [-0.3, -0.25) is 0 Å². The van der Waals surface area contributed by atoms with Gasteiger partial charge in [0.25, 0.3) is 0 Å². The van der Waals surface area contributed by atoms with Crippen LogP contribution in [0.2, 0.25) is 5.02 Å². The summed E-state index contributed by atoms with van der Waals surface area (Å²) in [6, 6.07) is 7.99. The molecule has 0 amide bonds. The maximum Gasteiger partial charge on any atom is 0.0406 e. The van der Waals surface area contributed by atoms with Crippen LogP contribution in [0, 0.1) is 0 Å². The molecule has 0 saturated heterocycles. The minimum atomic E-state index is 0. The Bertz CT molecular complexity index is 287. The van der Waals surface area contributed by atoms with Crippen LogP contribution in [0.5, 0.6) is 0 Å². The predicted octanol–water partition coefficient (Wildman–Crippen LogP) is 3.62. The lowest BCUT2D eigenvalue weighted by atomic mass is 10.2. The molecular formula is C13H23Cl3N2. The summed E-state index contributed by atoms with van der Waals surface area (Å²) >= 11 is 5.83. The summed E-state index contributed by atoms with van der Waals surface area (Å²) in [7, 11) is 0. The molecule has 0 aliphatic rings. The average molecular weight is 314 g/mol. The van der Waals surface area contributed by atoms with Crippen molar-refractivity contribution in [2.24, 2.45) is 0 Å². The van der Waals surface area contributed by atoms with Crippen molar-refractivity contribution < 1.29 is 0 Å². The van der Waals surface area contributed by atoms with Crippen molar-refractivity contribution in [3.63, 3.8) is 0 Å². The van der Waals surface area contributed by atoms with Gasteiger partial charge in [0.15, 0.2) is 0 Å². The van der Waals surface area contributed by atoms with E-state index >= 15 is 0 Å². The van der Waals surface area contributed by atoms with E-state index in [1.54, 1.807) is 0 Å². The van der Waals surface area contributed by atoms with Gasteiger partial charge < -0.3 is 10.2 Å². The maximum absolute atomic E-state index is 5.83. The molecular weight excluding hydrogens is 291 g/mol. The Hall–Kier alpha value is 0.01000. The highest BCUT2D eigenvalue weighted by molar-refractivity contribution is 6.30. The SMILES string of the molecule is CCN(CC)CCNCc1ccc(Cl)cc1.Cl.Cl. The molecule has 0 radical (unpaired) electrons. The number of hydrogen-bond donors (Lipinski definition) is 1. The molecule has 2 nitrogen and oxygen atoms in total. The molecule has 18 heavy (non-hydrogen) atoms. The van der Waals surface area contributed by atoms with Crippen LogP contribution in [0.25, 0.3) is 0 Å². The van der Waals surface area contributed by atoms with E-state index < -0.39 is 0 Å². The smallest absolute Gasteiger partial charge is 0.0406 e. The zero-order valence-corrected chi connectivity index (χ0v) is 13.4. The Labute approximate surface area is 128 Å². The van der Waals surface area contributed by atoms with E-state index in [1.807, 2.05) is 12.1 Å². The number of nitrogens with zero attached hydrogens (tertiary/aromatic N) is 1. The molecule has 0 aliphatic heterocycles. The minimum absolute atomic E-state index is 0. The summed E-state index contributed by atoms with van der Waals surface area (Å²) in [4.78, 5) is 2.41. The van der Waals surface area contributed by atoms with Gasteiger partial charge in [0, 0.05) is 24.7 Å². The minimum Gasteiger partial charge on any atom is -0.311 e. The van der Waals surface area contributed by atoms with Crippen LogP contribution >= 0.6 is 36.4 Å². The van der Waals surface area contributed by atoms with Crippen molar-refractivity contribution in [2.75, 3.05) is 26.2 Å². The Kier molecular flexibility index (Phi) is 13.6. The fourth-order valence-electron chi connectivity index (χ4n) is 1.61. The largest absolute Gasteiger partial charge is 0.311 e. The van der Waals surface area contributed by atoms with Gasteiger partial charge in [-0.1, -0.05) is 37.6 Å². The number of rotatable bonds is 7. The normalized spacial score (nSPS) is 9.78. The third-order valence-corrected chi connectivity index (χ3v) is 2.99. The zero-order valence-electron chi connectivity index (χ0n) is 11.0. The van der Waals surface area contributed by atoms with Crippen molar-refractivity contribution in [3.8, 4) is 0 Å². The van der Waals surface area contributed by atoms with Gasteiger partial charge >= 0.3 is 0 Å². The Morgan fingerprint density at radius 3 is 2.11 bits per heavy atom. The Morgan fingerprint density at radius 2 is 1.61 bits per heavy atom. The molecule has 0 fully saturated rings. The summed E-state index contributed by atoms with van der Waals surface area (Å²) in [5.41, 5.74) is 1.28. The monoisotopic (exact) mass is 312 g/mol. The summed E-state index contributed by atoms with van der Waals surface area (Å²) in [6.45, 7) is 9.70. The number of nitrogens with one attached hydrogen (secondary N) is 1. The number of hydrogen-bond acceptors (Lipinski definition) is 2. The van der Waals surface area contributed by atoms with Crippen LogP contribution in [-0.4, -0.2) is 31.1 Å². The number of likely N-dealkylation sites (N-methyl/N-ethyl adjacent to an activating group) is 1. The first kappa shape index (κ1) is 20.3. The summed E-state index contributed by atoms with van der Waals surface area (Å²) < 4.78 is 0. The topological polar surface area (TPSA) is 15.3 Å². The summed E-state index contributed by atoms with van der Waals surface area (Å²) in [5, 5.41) is 4.23. The van der Waals surface area contributed by atoms with E-state index in [2.05, 4.69) is 36.2 Å². The van der Waals surface area contributed by atoms with Crippen molar-refractivity contribution in [1.82, 2.24) is 10.2 Å². The van der Waals surface area contributed by atoms with Gasteiger partial charge in [0.2, 0.25) is 0 Å². The molecule has 0 aromatic heterocycles. The molecule has 0 spiro atoms. The zero-order chi connectivity index (χ0) is 11.8. The van der Waals surface area contributed by atoms with E-state index in [4.69, 9.17) is 11.6 Å². The second-order valence-electron chi connectivity index (χ2n) is 3.83. The van der Waals surface area contributed by atoms with E-state index in [9.17, 15) is 0 Å². The van der Waals surface area contributed by atoms with Crippen LogP contribution in [0.3, 0.4) is 0 Å². The standard InChI is InChI=1S/C13H21ClN2.2ClH/c1-3-16(4-2)10-9-15-11-12-5-7-13(14)8-6-12;;/h5-8,15H,3-4,9-11H2,1-2H3;2*1H. The van der Waals surface area contributed by atoms with Gasteiger partial charge in [-0.05, 0) is 30.8 Å². The van der Waals surface area contributed by atoms with Gasteiger partial charge in [-0.25, -0.2) is 0 Å². The van der Waals surface area contributed by atoms with E-state index in [0.29, 0.717) is 0 Å². The summed E-state index contributed by atoms with van der Waals surface area (Å²) in [6.07, 6.45) is 0. The third-order valence-electron chi connectivity index (χ3n) is 2.74. The highest BCUT2D eigenvalue weighted by Crippen LogP contribution is 2.08. The molecule has 1 N–H and O–H groups in total. The quantitative estimate of drug-likeness (QED) is 0.774. The van der Waals surface area contributed by atoms with Crippen molar-refractivity contribution >= 4 is 36.4 Å². The molecule has 1 rings (SSSR count). The molecule has 0 heterocycles. The molecule has 0 bridgehead atoms. The van der Waals surface area contributed by atoms with Gasteiger partial charge in [0.05, 0.1) is 0 Å². The Morgan fingerprint density at radius 1 is 1.06 bits per heavy atom. The molecule has 1 aromatic rings. The number of halogens is 3. The first-order valence-corrected chi connectivity index (χ1v) is 6.31. The lowest BCUT2D eigenvalue weighted by molar-refractivity contribution is 0.302. The maximum atomic E-state index is 5.83. The molecule has 106 valence electrons. The molecule has 5 heteroatoms. The predicted molar refractivity (Wildman–Crippen MR) is 85.4 cm³/mol. The molecule has 0 saturated carbocycles. The van der Waals surface area contributed by atoms with Gasteiger partial charge in [-0.15, -0.1) is 24.8 Å². The number of benzene rings is 1. The lowest BCUT2D eigenvalue weighted by Gasteiger charge is -2.17. The van der Waals surface area contributed by atoms with E-state index in [-0.39, 0.29) is 24.8 Å². The molecule has 0 atom stereocenters. The van der Waals surface area contributed by atoms with E-state index in [0.717, 1.165) is 37.7 Å². The van der Waals surface area contributed by atoms with Gasteiger partial charge in [0.1, 0.15) is 0 Å². The van der Waals surface area contributed by atoms with Crippen molar-refractivity contribution in [2.45, 2.75) is 20.4 Å². The lowest BCUT2D eigenvalue weighted by Crippen LogP contribution is -2.31. The second kappa shape index (κ2) is 12.1. The summed E-state index contributed by atoms with van der Waals surface area (Å²) in [5.74, 6) is 0. The van der Waals surface area contributed by atoms with Crippen LogP contribution in [-0.2, 0) is 6.54 Å². The molecule has 0 aliphatic carbocycles. The Balaban J connectivity index is 0. The highest BCUT2D eigenvalue weighted by atomic mass is 35.5. The fraction of sp³-hybridized carbons (Fsp3) is 0.538. The third kappa shape index (κ3) is 8.17. The highest BCUT2D eigenvalue weighted by Gasteiger charge is 1.98. The fourth-order valence-corrected chi connectivity index (χ4v) is 1.74. The molecule has 0 unspecified atom stereocenters. The van der Waals surface area contributed by atoms with Crippen LogP contribution in [0.1, 0.15) is 19.4 Å². The van der Waals surface area contributed by atoms with E-state index in [1.165, 1.54) is 5.56 Å². The first-order chi connectivity index (χ1) is 7.76. The van der Waals surface area contributed by atoms with Crippen molar-refractivity contribution in [1.29, 1.82) is 0 Å². The van der Waals surface area contributed by atoms with Gasteiger partial charge in [-0.2, -0.15) is 0 Å². The van der Waals surface area contributed by atoms with Crippen LogP contribution in [0.15, 0.2) is 24.3 Å². The molecule has 1 aromatic carbocycles. The van der Waals surface area contributed by atoms with Crippen molar-refractivity contribution in [3.05, 3.63) is 34.9 Å². The second-order valence-corrected chi connectivity index (χ2v) is 4.27. The van der Waals surface area contributed by atoms with Crippen LogP contribution in [0.4, 0.5) is 0 Å². The first-order valence-electron chi connectivity index (χ1n) is 5.93.